The van der Waals surface area contributed by atoms with E-state index in [9.17, 15) is 13.2 Å². The molecule has 0 saturated heterocycles. The molecule has 114 valence electrons. The molecule has 0 aliphatic carbocycles. The molecule has 1 heterocycles. The molecule has 1 aliphatic heterocycles. The number of anilines is 1. The van der Waals surface area contributed by atoms with Crippen LogP contribution in [0.4, 0.5) is 5.69 Å². The highest BCUT2D eigenvalue weighted by atomic mass is 32.2. The van der Waals surface area contributed by atoms with Crippen molar-refractivity contribution in [1.29, 1.82) is 0 Å². The minimum Gasteiger partial charge on any atom is -0.295 e. The molecule has 0 spiro atoms. The maximum atomic E-state index is 13.0. The zero-order valence-electron chi connectivity index (χ0n) is 12.5. The number of carbonyl (C=O) groups is 1. The fourth-order valence-electron chi connectivity index (χ4n) is 2.89. The maximum Gasteiger partial charge on any atom is 0.264 e. The zero-order valence-corrected chi connectivity index (χ0v) is 13.3. The minimum absolute atomic E-state index is 0.136. The third-order valence-electron chi connectivity index (χ3n) is 3.94. The number of sulfonamides is 1. The average Bonchev–Trinajstić information content (AvgIpc) is 2.83. The Bertz CT molecular complexity index is 842. The lowest BCUT2D eigenvalue weighted by atomic mass is 10.1. The van der Waals surface area contributed by atoms with Crippen molar-refractivity contribution in [3.05, 3.63) is 59.7 Å². The Balaban J connectivity index is 2.11. The van der Waals surface area contributed by atoms with Crippen LogP contribution in [0.1, 0.15) is 29.8 Å². The number of fused-ring (bicyclic) bond motifs is 1. The van der Waals surface area contributed by atoms with Gasteiger partial charge in [0.15, 0.2) is 5.78 Å². The Morgan fingerprint density at radius 2 is 1.86 bits per heavy atom. The standard InChI is InChI=1S/C17H17NO3S/c1-12-10-15-6-3-4-9-17(15)18(12)22(20,21)16-8-5-7-14(11-16)13(2)19/h3-9,11-12H,10H2,1-2H3. The molecule has 1 aliphatic rings. The summed E-state index contributed by atoms with van der Waals surface area (Å²) < 4.78 is 27.5. The molecule has 0 aromatic heterocycles. The average molecular weight is 315 g/mol. The van der Waals surface area contributed by atoms with Crippen molar-refractivity contribution in [2.24, 2.45) is 0 Å². The number of ketones is 1. The first kappa shape index (κ1) is 14.8. The van der Waals surface area contributed by atoms with Crippen LogP contribution in [-0.2, 0) is 16.4 Å². The van der Waals surface area contributed by atoms with Gasteiger partial charge < -0.3 is 0 Å². The summed E-state index contributed by atoms with van der Waals surface area (Å²) in [7, 11) is -3.68. The third-order valence-corrected chi connectivity index (χ3v) is 5.87. The molecule has 0 amide bonds. The lowest BCUT2D eigenvalue weighted by Gasteiger charge is -2.24. The van der Waals surface area contributed by atoms with E-state index < -0.39 is 10.0 Å². The molecule has 1 atom stereocenters. The Kier molecular flexibility index (Phi) is 3.53. The van der Waals surface area contributed by atoms with Crippen LogP contribution in [0.5, 0.6) is 0 Å². The number of nitrogens with zero attached hydrogens (tertiary/aromatic N) is 1. The van der Waals surface area contributed by atoms with Gasteiger partial charge in [-0.1, -0.05) is 30.3 Å². The summed E-state index contributed by atoms with van der Waals surface area (Å²) in [4.78, 5) is 11.7. The van der Waals surface area contributed by atoms with Crippen molar-refractivity contribution in [2.75, 3.05) is 4.31 Å². The van der Waals surface area contributed by atoms with Gasteiger partial charge >= 0.3 is 0 Å². The van der Waals surface area contributed by atoms with Gasteiger partial charge in [0, 0.05) is 11.6 Å². The van der Waals surface area contributed by atoms with Gasteiger partial charge in [0.1, 0.15) is 0 Å². The third kappa shape index (κ3) is 2.31. The van der Waals surface area contributed by atoms with Gasteiger partial charge in [-0.25, -0.2) is 8.42 Å². The molecule has 2 aromatic rings. The van der Waals surface area contributed by atoms with Gasteiger partial charge in [0.05, 0.1) is 10.6 Å². The summed E-state index contributed by atoms with van der Waals surface area (Å²) in [5, 5.41) is 0. The summed E-state index contributed by atoms with van der Waals surface area (Å²) in [5.41, 5.74) is 2.16. The normalized spacial score (nSPS) is 17.4. The second-order valence-corrected chi connectivity index (χ2v) is 7.38. The summed E-state index contributed by atoms with van der Waals surface area (Å²) in [6.07, 6.45) is 0.696. The number of rotatable bonds is 3. The fourth-order valence-corrected chi connectivity index (χ4v) is 4.63. The number of benzene rings is 2. The van der Waals surface area contributed by atoms with Gasteiger partial charge in [-0.15, -0.1) is 0 Å². The molecular formula is C17H17NO3S. The van der Waals surface area contributed by atoms with Crippen LogP contribution < -0.4 is 4.31 Å². The molecule has 0 N–H and O–H groups in total. The van der Waals surface area contributed by atoms with E-state index in [1.54, 1.807) is 12.1 Å². The highest BCUT2D eigenvalue weighted by Crippen LogP contribution is 2.36. The first-order valence-corrected chi connectivity index (χ1v) is 8.58. The number of Topliss-reactive ketones (excluding diaryl/α,β-unsaturated/α-hetero) is 1. The smallest absolute Gasteiger partial charge is 0.264 e. The number of hydrogen-bond donors (Lipinski definition) is 0. The van der Waals surface area contributed by atoms with Crippen molar-refractivity contribution in [2.45, 2.75) is 31.2 Å². The van der Waals surface area contributed by atoms with E-state index in [-0.39, 0.29) is 16.7 Å². The lowest BCUT2D eigenvalue weighted by molar-refractivity contribution is 0.101. The molecule has 3 rings (SSSR count). The predicted molar refractivity (Wildman–Crippen MR) is 85.7 cm³/mol. The van der Waals surface area contributed by atoms with E-state index in [1.807, 2.05) is 31.2 Å². The van der Waals surface area contributed by atoms with E-state index >= 15 is 0 Å². The monoisotopic (exact) mass is 315 g/mol. The van der Waals surface area contributed by atoms with Crippen molar-refractivity contribution in [3.63, 3.8) is 0 Å². The van der Waals surface area contributed by atoms with E-state index in [0.717, 1.165) is 11.3 Å². The second kappa shape index (κ2) is 5.25. The van der Waals surface area contributed by atoms with Crippen LogP contribution in [0.2, 0.25) is 0 Å². The quantitative estimate of drug-likeness (QED) is 0.818. The Hall–Kier alpha value is -2.14. The minimum atomic E-state index is -3.68. The van der Waals surface area contributed by atoms with Gasteiger partial charge in [-0.3, -0.25) is 9.10 Å². The van der Waals surface area contributed by atoms with Crippen LogP contribution >= 0.6 is 0 Å². The van der Waals surface area contributed by atoms with Crippen LogP contribution in [0.3, 0.4) is 0 Å². The molecule has 0 fully saturated rings. The predicted octanol–water partition coefficient (Wildman–Crippen LogP) is 3.03. The van der Waals surface area contributed by atoms with E-state index in [1.165, 1.54) is 23.4 Å². The molecule has 1 unspecified atom stereocenters. The highest BCUT2D eigenvalue weighted by Gasteiger charge is 2.35. The maximum absolute atomic E-state index is 13.0. The SMILES string of the molecule is CC(=O)c1cccc(S(=O)(=O)N2c3ccccc3CC2C)c1. The molecule has 0 radical (unpaired) electrons. The molecule has 0 bridgehead atoms. The summed E-state index contributed by atoms with van der Waals surface area (Å²) in [5.74, 6) is -0.146. The van der Waals surface area contributed by atoms with Gasteiger partial charge in [0.2, 0.25) is 0 Å². The van der Waals surface area contributed by atoms with Crippen LogP contribution in [-0.4, -0.2) is 20.2 Å². The fraction of sp³-hybridized carbons (Fsp3) is 0.235. The van der Waals surface area contributed by atoms with Crippen molar-refractivity contribution in [1.82, 2.24) is 0 Å². The summed E-state index contributed by atoms with van der Waals surface area (Å²) >= 11 is 0. The highest BCUT2D eigenvalue weighted by molar-refractivity contribution is 7.92. The first-order valence-electron chi connectivity index (χ1n) is 7.14. The largest absolute Gasteiger partial charge is 0.295 e. The van der Waals surface area contributed by atoms with Crippen molar-refractivity contribution in [3.8, 4) is 0 Å². The second-order valence-electron chi connectivity index (χ2n) is 5.57. The van der Waals surface area contributed by atoms with Crippen LogP contribution in [0.25, 0.3) is 0 Å². The molecule has 2 aromatic carbocycles. The zero-order chi connectivity index (χ0) is 15.9. The Morgan fingerprint density at radius 1 is 1.14 bits per heavy atom. The number of para-hydroxylation sites is 1. The Morgan fingerprint density at radius 3 is 2.59 bits per heavy atom. The van der Waals surface area contributed by atoms with Crippen LogP contribution in [0.15, 0.2) is 53.4 Å². The summed E-state index contributed by atoms with van der Waals surface area (Å²) in [6, 6.07) is 13.6. The van der Waals surface area contributed by atoms with Gasteiger partial charge in [-0.05, 0) is 44.0 Å². The molecular weight excluding hydrogens is 298 g/mol. The van der Waals surface area contributed by atoms with Crippen molar-refractivity contribution < 1.29 is 13.2 Å². The van der Waals surface area contributed by atoms with Crippen molar-refractivity contribution >= 4 is 21.5 Å². The Labute approximate surface area is 130 Å². The van der Waals surface area contributed by atoms with E-state index in [2.05, 4.69) is 0 Å². The number of carbonyl (C=O) groups excluding carboxylic acids is 1. The van der Waals surface area contributed by atoms with Gasteiger partial charge in [-0.2, -0.15) is 0 Å². The molecule has 5 heteroatoms. The van der Waals surface area contributed by atoms with E-state index in [0.29, 0.717) is 12.0 Å². The molecule has 0 saturated carbocycles. The summed E-state index contributed by atoms with van der Waals surface area (Å²) in [6.45, 7) is 3.33. The van der Waals surface area contributed by atoms with Gasteiger partial charge in [0.25, 0.3) is 10.0 Å². The van der Waals surface area contributed by atoms with E-state index in [4.69, 9.17) is 0 Å². The van der Waals surface area contributed by atoms with Crippen LogP contribution in [0, 0.1) is 0 Å². The first-order chi connectivity index (χ1) is 10.4. The molecule has 4 nitrogen and oxygen atoms in total. The topological polar surface area (TPSA) is 54.5 Å². The lowest BCUT2D eigenvalue weighted by Crippen LogP contribution is -2.35. The number of hydrogen-bond acceptors (Lipinski definition) is 3. The molecule has 22 heavy (non-hydrogen) atoms.